The zero-order valence-electron chi connectivity index (χ0n) is 9.34. The minimum atomic E-state index is 0.205. The molecule has 2 rings (SSSR count). The lowest BCUT2D eigenvalue weighted by molar-refractivity contribution is 0.296. The van der Waals surface area contributed by atoms with E-state index in [0.29, 0.717) is 5.78 Å². The molecule has 2 aromatic rings. The minimum absolute atomic E-state index is 0.205. The van der Waals surface area contributed by atoms with E-state index in [4.69, 9.17) is 5.11 Å². The fourth-order valence-corrected chi connectivity index (χ4v) is 2.18. The number of hydrogen-bond acceptors (Lipinski definition) is 5. The van der Waals surface area contributed by atoms with Gasteiger partial charge in [0.05, 0.1) is 0 Å². The highest BCUT2D eigenvalue weighted by Crippen LogP contribution is 2.15. The highest BCUT2D eigenvalue weighted by molar-refractivity contribution is 7.99. The third-order valence-corrected chi connectivity index (χ3v) is 3.06. The van der Waals surface area contributed by atoms with Crippen LogP contribution in [0.25, 0.3) is 5.78 Å². The van der Waals surface area contributed by atoms with Gasteiger partial charge in [0, 0.05) is 23.7 Å². The average molecular weight is 238 g/mol. The summed E-state index contributed by atoms with van der Waals surface area (Å²) in [7, 11) is 0. The van der Waals surface area contributed by atoms with Gasteiger partial charge in [-0.3, -0.25) is 0 Å². The average Bonchev–Trinajstić information content (AvgIpc) is 2.61. The second-order valence-electron chi connectivity index (χ2n) is 3.57. The molecule has 0 aromatic carbocycles. The van der Waals surface area contributed by atoms with E-state index < -0.39 is 0 Å². The van der Waals surface area contributed by atoms with Crippen molar-refractivity contribution >= 4 is 17.5 Å². The van der Waals surface area contributed by atoms with Crippen molar-refractivity contribution in [3.8, 4) is 0 Å². The van der Waals surface area contributed by atoms with Gasteiger partial charge in [-0.05, 0) is 26.3 Å². The normalized spacial score (nSPS) is 11.2. The molecule has 0 radical (unpaired) electrons. The second kappa shape index (κ2) is 4.80. The van der Waals surface area contributed by atoms with Crippen molar-refractivity contribution in [3.05, 3.63) is 17.5 Å². The van der Waals surface area contributed by atoms with Crippen LogP contribution in [0.15, 0.2) is 11.2 Å². The van der Waals surface area contributed by atoms with Crippen LogP contribution in [0.5, 0.6) is 0 Å². The van der Waals surface area contributed by atoms with E-state index in [1.807, 2.05) is 19.9 Å². The fraction of sp³-hybridized carbons (Fsp3) is 0.500. The number of nitrogens with zero attached hydrogens (tertiary/aromatic N) is 4. The summed E-state index contributed by atoms with van der Waals surface area (Å²) in [5, 5.41) is 13.8. The quantitative estimate of drug-likeness (QED) is 0.641. The van der Waals surface area contributed by atoms with Gasteiger partial charge in [0.25, 0.3) is 5.78 Å². The first-order valence-electron chi connectivity index (χ1n) is 5.15. The van der Waals surface area contributed by atoms with Crippen LogP contribution in [-0.4, -0.2) is 37.0 Å². The Morgan fingerprint density at radius 1 is 1.38 bits per heavy atom. The topological polar surface area (TPSA) is 63.3 Å². The number of hydrogen-bond donors (Lipinski definition) is 1. The summed E-state index contributed by atoms with van der Waals surface area (Å²) in [6.45, 7) is 4.13. The summed E-state index contributed by atoms with van der Waals surface area (Å²) >= 11 is 1.54. The fourth-order valence-electron chi connectivity index (χ4n) is 1.44. The first-order chi connectivity index (χ1) is 7.70. The van der Waals surface area contributed by atoms with Crippen LogP contribution < -0.4 is 0 Å². The lowest BCUT2D eigenvalue weighted by Crippen LogP contribution is -1.97. The molecule has 1 N–H and O–H groups in total. The summed E-state index contributed by atoms with van der Waals surface area (Å²) in [6, 6.07) is 1.98. The van der Waals surface area contributed by atoms with Gasteiger partial charge in [0.1, 0.15) is 0 Å². The Hall–Kier alpha value is -1.14. The molecule has 0 fully saturated rings. The molecule has 2 heterocycles. The van der Waals surface area contributed by atoms with Gasteiger partial charge in [-0.2, -0.15) is 4.98 Å². The van der Waals surface area contributed by atoms with Crippen molar-refractivity contribution in [1.82, 2.24) is 19.6 Å². The number of aryl methyl sites for hydroxylation is 2. The van der Waals surface area contributed by atoms with Gasteiger partial charge in [0.15, 0.2) is 0 Å². The van der Waals surface area contributed by atoms with E-state index in [0.717, 1.165) is 28.7 Å². The molecule has 0 atom stereocenters. The molecule has 0 aliphatic heterocycles. The molecular weight excluding hydrogens is 224 g/mol. The van der Waals surface area contributed by atoms with Crippen molar-refractivity contribution in [2.24, 2.45) is 0 Å². The van der Waals surface area contributed by atoms with Gasteiger partial charge in [-0.1, -0.05) is 11.8 Å². The zero-order chi connectivity index (χ0) is 11.5. The molecular formula is C10H14N4OS. The van der Waals surface area contributed by atoms with Crippen LogP contribution in [0.1, 0.15) is 17.8 Å². The standard InChI is InChI=1S/C10H14N4OS/c1-7-6-8(2)14-9(11-7)12-10(13-14)16-5-3-4-15/h6,15H,3-5H2,1-2H3. The van der Waals surface area contributed by atoms with Gasteiger partial charge >= 0.3 is 0 Å². The smallest absolute Gasteiger partial charge is 0.253 e. The Kier molecular flexibility index (Phi) is 3.40. The molecule has 6 heteroatoms. The molecule has 0 bridgehead atoms. The Labute approximate surface area is 97.9 Å². The van der Waals surface area contributed by atoms with E-state index in [9.17, 15) is 0 Å². The third-order valence-electron chi connectivity index (χ3n) is 2.13. The number of fused-ring (bicyclic) bond motifs is 1. The van der Waals surface area contributed by atoms with Gasteiger partial charge in [0.2, 0.25) is 5.16 Å². The largest absolute Gasteiger partial charge is 0.396 e. The molecule has 2 aromatic heterocycles. The van der Waals surface area contributed by atoms with Crippen molar-refractivity contribution in [3.63, 3.8) is 0 Å². The number of aliphatic hydroxyl groups excluding tert-OH is 1. The van der Waals surface area contributed by atoms with Crippen molar-refractivity contribution < 1.29 is 5.11 Å². The molecule has 5 nitrogen and oxygen atoms in total. The molecule has 0 spiro atoms. The number of thioether (sulfide) groups is 1. The number of rotatable bonds is 4. The highest BCUT2D eigenvalue weighted by atomic mass is 32.2. The summed E-state index contributed by atoms with van der Waals surface area (Å²) in [5.41, 5.74) is 1.98. The van der Waals surface area contributed by atoms with E-state index >= 15 is 0 Å². The molecule has 0 saturated heterocycles. The summed E-state index contributed by atoms with van der Waals surface area (Å²) in [5.74, 6) is 1.47. The van der Waals surface area contributed by atoms with E-state index in [1.165, 1.54) is 0 Å². The molecule has 0 aliphatic rings. The van der Waals surface area contributed by atoms with Crippen LogP contribution in [0.4, 0.5) is 0 Å². The van der Waals surface area contributed by atoms with E-state index in [1.54, 1.807) is 16.3 Å². The van der Waals surface area contributed by atoms with Gasteiger partial charge in [-0.25, -0.2) is 9.50 Å². The summed E-state index contributed by atoms with van der Waals surface area (Å²) in [6.07, 6.45) is 0.756. The molecule has 86 valence electrons. The molecule has 0 saturated carbocycles. The Bertz CT molecular complexity index is 497. The van der Waals surface area contributed by atoms with Crippen LogP contribution >= 0.6 is 11.8 Å². The minimum Gasteiger partial charge on any atom is -0.396 e. The van der Waals surface area contributed by atoms with Crippen LogP contribution in [0.3, 0.4) is 0 Å². The Morgan fingerprint density at radius 2 is 2.19 bits per heavy atom. The second-order valence-corrected chi connectivity index (χ2v) is 4.63. The molecule has 16 heavy (non-hydrogen) atoms. The highest BCUT2D eigenvalue weighted by Gasteiger charge is 2.07. The predicted octanol–water partition coefficient (Wildman–Crippen LogP) is 1.22. The maximum Gasteiger partial charge on any atom is 0.253 e. The molecule has 0 unspecified atom stereocenters. The van der Waals surface area contributed by atoms with Crippen molar-refractivity contribution in [1.29, 1.82) is 0 Å². The summed E-state index contributed by atoms with van der Waals surface area (Å²) in [4.78, 5) is 8.64. The molecule has 0 aliphatic carbocycles. The monoisotopic (exact) mass is 238 g/mol. The van der Waals surface area contributed by atoms with Crippen molar-refractivity contribution in [2.75, 3.05) is 12.4 Å². The SMILES string of the molecule is Cc1cc(C)n2nc(SCCCO)nc2n1. The van der Waals surface area contributed by atoms with Crippen molar-refractivity contribution in [2.45, 2.75) is 25.4 Å². The van der Waals surface area contributed by atoms with E-state index in [2.05, 4.69) is 15.1 Å². The zero-order valence-corrected chi connectivity index (χ0v) is 10.2. The number of aliphatic hydroxyl groups is 1. The van der Waals surface area contributed by atoms with Gasteiger partial charge in [-0.15, -0.1) is 5.10 Å². The van der Waals surface area contributed by atoms with Crippen LogP contribution in [-0.2, 0) is 0 Å². The first-order valence-corrected chi connectivity index (χ1v) is 6.14. The maximum atomic E-state index is 8.69. The number of aromatic nitrogens is 4. The van der Waals surface area contributed by atoms with E-state index in [-0.39, 0.29) is 6.61 Å². The van der Waals surface area contributed by atoms with Crippen LogP contribution in [0.2, 0.25) is 0 Å². The third kappa shape index (κ3) is 2.33. The predicted molar refractivity (Wildman–Crippen MR) is 62.7 cm³/mol. The van der Waals surface area contributed by atoms with Gasteiger partial charge < -0.3 is 5.11 Å². The van der Waals surface area contributed by atoms with Crippen LogP contribution in [0, 0.1) is 13.8 Å². The maximum absolute atomic E-state index is 8.69. The Balaban J connectivity index is 2.26. The molecule has 0 amide bonds. The lowest BCUT2D eigenvalue weighted by atomic mass is 10.4. The summed E-state index contributed by atoms with van der Waals surface area (Å²) < 4.78 is 1.74. The lowest BCUT2D eigenvalue weighted by Gasteiger charge is -1.97. The Morgan fingerprint density at radius 3 is 2.94 bits per heavy atom. The first kappa shape index (κ1) is 11.3.